The number of halogens is 3. The maximum Gasteiger partial charge on any atom is 0.0440 e. The van der Waals surface area contributed by atoms with E-state index in [2.05, 4.69) is 23.8 Å². The molecule has 0 bridgehead atoms. The van der Waals surface area contributed by atoms with Gasteiger partial charge in [0.25, 0.3) is 0 Å². The number of hydrogen-bond donors (Lipinski definition) is 1. The Bertz CT molecular complexity index is 184. The molecule has 78 valence electrons. The molecule has 0 fully saturated rings. The predicted molar refractivity (Wildman–Crippen MR) is 55.7 cm³/mol. The lowest BCUT2D eigenvalue weighted by atomic mass is 10.3. The minimum Gasteiger partial charge on any atom is -0.330 e. The van der Waals surface area contributed by atoms with Gasteiger partial charge in [-0.2, -0.15) is 0 Å². The van der Waals surface area contributed by atoms with Gasteiger partial charge in [-0.15, -0.1) is 0 Å². The second-order valence-corrected chi connectivity index (χ2v) is 2.97. The van der Waals surface area contributed by atoms with Crippen LogP contribution in [-0.4, -0.2) is 5.75 Å². The molecule has 0 atom stereocenters. The van der Waals surface area contributed by atoms with Crippen LogP contribution in [0, 0.1) is 0 Å². The first-order valence-corrected chi connectivity index (χ1v) is 4.35. The van der Waals surface area contributed by atoms with E-state index in [1.165, 1.54) is 5.69 Å². The summed E-state index contributed by atoms with van der Waals surface area (Å²) in [5.41, 5.74) is 1.18. The molecule has 5 heteroatoms. The van der Waals surface area contributed by atoms with Gasteiger partial charge in [-0.1, -0.05) is 37.1 Å². The smallest absolute Gasteiger partial charge is 0.0440 e. The molecule has 1 aromatic carbocycles. The number of rotatable bonds is 3. The number of para-hydroxylation sites is 1. The second-order valence-electron chi connectivity index (χ2n) is 1.90. The van der Waals surface area contributed by atoms with Crippen LogP contribution in [0.5, 0.6) is 0 Å². The van der Waals surface area contributed by atoms with Gasteiger partial charge >= 0.3 is 0 Å². The molecule has 0 radical (unpaired) electrons. The van der Waals surface area contributed by atoms with Crippen molar-refractivity contribution in [3.63, 3.8) is 0 Å². The van der Waals surface area contributed by atoms with Crippen molar-refractivity contribution in [3.05, 3.63) is 30.3 Å². The van der Waals surface area contributed by atoms with Crippen LogP contribution in [0.25, 0.3) is 0 Å². The average Bonchev–Trinajstić information content (AvgIpc) is 2.03. The van der Waals surface area contributed by atoms with E-state index in [9.17, 15) is 0 Å². The third-order valence-electron chi connectivity index (χ3n) is 1.11. The fraction of sp³-hybridized carbons (Fsp3) is 0.250. The molecular weight excluding hydrogens is 199 g/mol. The fourth-order valence-corrected chi connectivity index (χ4v) is 1.11. The Hall–Kier alpha value is -0.840. The normalized spacial score (nSPS) is 7.15. The number of benzene rings is 1. The molecule has 0 saturated heterocycles. The maximum atomic E-state index is 3.21. The van der Waals surface area contributed by atoms with E-state index in [-0.39, 0.29) is 14.1 Å². The molecule has 0 saturated carbocycles. The van der Waals surface area contributed by atoms with Gasteiger partial charge in [0.1, 0.15) is 0 Å². The van der Waals surface area contributed by atoms with E-state index in [0.29, 0.717) is 0 Å². The highest BCUT2D eigenvalue weighted by Gasteiger charge is 1.84. The summed E-state index contributed by atoms with van der Waals surface area (Å²) in [6.45, 7) is 2.13. The van der Waals surface area contributed by atoms with E-state index < -0.39 is 0 Å². The quantitative estimate of drug-likeness (QED) is 0.774. The lowest BCUT2D eigenvalue weighted by Crippen LogP contribution is -1.84. The van der Waals surface area contributed by atoms with Crippen molar-refractivity contribution in [1.29, 1.82) is 0 Å². The fourth-order valence-electron chi connectivity index (χ4n) is 0.662. The zero-order valence-electron chi connectivity index (χ0n) is 7.23. The molecule has 0 aliphatic heterocycles. The zero-order valence-corrected chi connectivity index (χ0v) is 8.04. The Labute approximate surface area is 80.2 Å². The summed E-state index contributed by atoms with van der Waals surface area (Å²) in [6, 6.07) is 10.2. The van der Waals surface area contributed by atoms with Gasteiger partial charge in [0.15, 0.2) is 0 Å². The summed E-state index contributed by atoms with van der Waals surface area (Å²) in [5, 5.41) is 0. The highest BCUT2D eigenvalue weighted by atomic mass is 32.2. The highest BCUT2D eigenvalue weighted by molar-refractivity contribution is 8.00. The van der Waals surface area contributed by atoms with Crippen LogP contribution in [0.3, 0.4) is 0 Å². The SMILES string of the molecule is CCSNc1ccccc1.F.F.F. The summed E-state index contributed by atoms with van der Waals surface area (Å²) >= 11 is 1.71. The molecule has 0 aromatic heterocycles. The maximum absolute atomic E-state index is 3.21. The predicted octanol–water partition coefficient (Wildman–Crippen LogP) is 3.22. The van der Waals surface area contributed by atoms with Gasteiger partial charge < -0.3 is 4.72 Å². The molecule has 1 nitrogen and oxygen atoms in total. The minimum absolute atomic E-state index is 0. The molecule has 0 aliphatic carbocycles. The number of hydrogen-bond acceptors (Lipinski definition) is 2. The zero-order chi connectivity index (χ0) is 7.23. The summed E-state index contributed by atoms with van der Waals surface area (Å²) in [4.78, 5) is 0. The van der Waals surface area contributed by atoms with Crippen molar-refractivity contribution < 1.29 is 14.1 Å². The van der Waals surface area contributed by atoms with Crippen LogP contribution in [0.4, 0.5) is 19.8 Å². The topological polar surface area (TPSA) is 12.0 Å². The molecule has 0 amide bonds. The summed E-state index contributed by atoms with van der Waals surface area (Å²) in [5.74, 6) is 1.09. The van der Waals surface area contributed by atoms with Crippen molar-refractivity contribution in [3.8, 4) is 0 Å². The Morgan fingerprint density at radius 1 is 1.08 bits per heavy atom. The summed E-state index contributed by atoms with van der Waals surface area (Å²) < 4.78 is 3.21. The van der Waals surface area contributed by atoms with E-state index in [1.54, 1.807) is 11.9 Å². The molecule has 0 spiro atoms. The molecule has 0 heterocycles. The average molecular weight is 213 g/mol. The third-order valence-corrected chi connectivity index (χ3v) is 1.78. The van der Waals surface area contributed by atoms with Crippen molar-refractivity contribution in [2.45, 2.75) is 6.92 Å². The Morgan fingerprint density at radius 3 is 2.08 bits per heavy atom. The van der Waals surface area contributed by atoms with E-state index in [4.69, 9.17) is 0 Å². The van der Waals surface area contributed by atoms with Gasteiger partial charge in [0.05, 0.1) is 0 Å². The highest BCUT2D eigenvalue weighted by Crippen LogP contribution is 2.10. The van der Waals surface area contributed by atoms with Crippen molar-refractivity contribution in [2.75, 3.05) is 10.5 Å². The molecule has 13 heavy (non-hydrogen) atoms. The first kappa shape index (κ1) is 18.0. The van der Waals surface area contributed by atoms with Crippen LogP contribution < -0.4 is 4.72 Å². The Morgan fingerprint density at radius 2 is 1.62 bits per heavy atom. The van der Waals surface area contributed by atoms with Gasteiger partial charge in [-0.3, -0.25) is 14.1 Å². The summed E-state index contributed by atoms with van der Waals surface area (Å²) in [7, 11) is 0. The molecule has 1 N–H and O–H groups in total. The minimum atomic E-state index is 0. The lowest BCUT2D eigenvalue weighted by Gasteiger charge is -2.00. The van der Waals surface area contributed by atoms with Gasteiger partial charge in [-0.25, -0.2) is 0 Å². The molecule has 1 aromatic rings. The van der Waals surface area contributed by atoms with Crippen LogP contribution >= 0.6 is 11.9 Å². The van der Waals surface area contributed by atoms with Crippen LogP contribution in [-0.2, 0) is 0 Å². The number of nitrogens with one attached hydrogen (secondary N) is 1. The van der Waals surface area contributed by atoms with Crippen molar-refractivity contribution >= 4 is 17.6 Å². The summed E-state index contributed by atoms with van der Waals surface area (Å²) in [6.07, 6.45) is 0. The van der Waals surface area contributed by atoms with Gasteiger partial charge in [0, 0.05) is 11.4 Å². The van der Waals surface area contributed by atoms with E-state index in [1.807, 2.05) is 18.2 Å². The Balaban J connectivity index is -0.000000333. The van der Waals surface area contributed by atoms with Gasteiger partial charge in [-0.05, 0) is 12.1 Å². The van der Waals surface area contributed by atoms with E-state index in [0.717, 1.165) is 5.75 Å². The molecule has 0 aliphatic rings. The van der Waals surface area contributed by atoms with Crippen LogP contribution in [0.15, 0.2) is 30.3 Å². The first-order valence-electron chi connectivity index (χ1n) is 3.36. The third kappa shape index (κ3) is 7.52. The standard InChI is InChI=1S/C8H11NS.3FH/c1-2-10-9-8-6-4-3-5-7-8;;;/h3-7,9H,2H2,1H3;3*1H. The van der Waals surface area contributed by atoms with Crippen LogP contribution in [0.2, 0.25) is 0 Å². The Kier molecular flexibility index (Phi) is 15.5. The molecule has 1 rings (SSSR count). The van der Waals surface area contributed by atoms with Gasteiger partial charge in [0.2, 0.25) is 0 Å². The largest absolute Gasteiger partial charge is 0.330 e. The lowest BCUT2D eigenvalue weighted by molar-refractivity contribution is 1.11. The second kappa shape index (κ2) is 11.2. The van der Waals surface area contributed by atoms with Crippen LogP contribution in [0.1, 0.15) is 6.92 Å². The number of anilines is 1. The molecular formula is C8H14F3NS. The molecule has 0 unspecified atom stereocenters. The first-order chi connectivity index (χ1) is 4.93. The van der Waals surface area contributed by atoms with E-state index >= 15 is 0 Å². The van der Waals surface area contributed by atoms with Crippen molar-refractivity contribution in [1.82, 2.24) is 0 Å². The monoisotopic (exact) mass is 213 g/mol. The van der Waals surface area contributed by atoms with Crippen molar-refractivity contribution in [2.24, 2.45) is 0 Å².